The van der Waals surface area contributed by atoms with Gasteiger partial charge in [-0.2, -0.15) is 0 Å². The summed E-state index contributed by atoms with van der Waals surface area (Å²) < 4.78 is 55.3. The average molecular weight is 1110 g/mol. The van der Waals surface area contributed by atoms with Crippen molar-refractivity contribution in [3.05, 3.63) is 122 Å². The highest BCUT2D eigenvalue weighted by molar-refractivity contribution is 8.37. The van der Waals surface area contributed by atoms with Crippen molar-refractivity contribution < 1.29 is 31.8 Å². The monoisotopic (exact) mass is 1110 g/mol. The second-order valence-corrected chi connectivity index (χ2v) is 24.4. The van der Waals surface area contributed by atoms with Crippen molar-refractivity contribution in [2.75, 3.05) is 39.8 Å². The smallest absolute Gasteiger partial charge is 0.326 e. The molecule has 0 spiro atoms. The summed E-state index contributed by atoms with van der Waals surface area (Å²) in [6.45, 7) is 8.68. The standard InChI is InChI=1S/C16H18ClO2P.C16H20ClO2P.C13H13Cl.C4H10ClO3P.CH4.S3/c1-3-19-20(2,18)16-14-6-4-5-11(14)9-12-7-8-13(17)10-15(12)16;1-3-19-20(2,18)14-8-6-4-5-7-9-15-10-12-16(17)13-11-15;1-2-3-4-5-6-7-12-8-10-13(14)11-9-12;1-3-7-9(5,6)8-4-2;;1-3-2/h7-10H,3-6H2,1-2H3;7,9-13H,3-6H2,1-2H3;1,6-11H,3-5H2;3-4H2,1-2H3;1H4;/b;9-7+;7-6+;;;. The van der Waals surface area contributed by atoms with Crippen LogP contribution in [0.2, 0.25) is 15.1 Å². The Morgan fingerprint density at radius 3 is 1.66 bits per heavy atom. The van der Waals surface area contributed by atoms with Crippen LogP contribution in [0.1, 0.15) is 102 Å². The molecule has 17 heteroatoms. The van der Waals surface area contributed by atoms with E-state index in [0.29, 0.717) is 31.5 Å². The molecule has 1 aliphatic rings. The van der Waals surface area contributed by atoms with E-state index in [0.717, 1.165) is 98.4 Å². The van der Waals surface area contributed by atoms with Crippen molar-refractivity contribution in [1.82, 2.24) is 0 Å². The van der Waals surface area contributed by atoms with Gasteiger partial charge in [0.1, 0.15) is 0 Å². The zero-order valence-electron chi connectivity index (χ0n) is 38.4. The lowest BCUT2D eigenvalue weighted by Crippen LogP contribution is -2.14. The molecule has 67 heavy (non-hydrogen) atoms. The van der Waals surface area contributed by atoms with Crippen LogP contribution >= 0.6 is 67.7 Å². The Morgan fingerprint density at radius 1 is 0.701 bits per heavy atom. The van der Waals surface area contributed by atoms with Gasteiger partial charge in [-0.05, 0) is 148 Å². The summed E-state index contributed by atoms with van der Waals surface area (Å²) in [5, 5.41) is 5.18. The molecule has 7 nitrogen and oxygen atoms in total. The molecule has 0 aliphatic heterocycles. The first kappa shape index (κ1) is 65.1. The molecule has 0 bridgehead atoms. The summed E-state index contributed by atoms with van der Waals surface area (Å²) in [5.41, 5.74) is 7.57. The minimum atomic E-state index is -3.22. The molecule has 368 valence electrons. The number of allylic oxidation sites excluding steroid dienone is 2. The van der Waals surface area contributed by atoms with E-state index in [-0.39, 0.29) is 7.43 Å². The van der Waals surface area contributed by atoms with Crippen molar-refractivity contribution in [2.24, 2.45) is 0 Å². The van der Waals surface area contributed by atoms with E-state index in [2.05, 4.69) is 79.3 Å². The van der Waals surface area contributed by atoms with Crippen LogP contribution in [0.3, 0.4) is 0 Å². The number of halogens is 4. The SMILES string of the molecule is C.C#CCCC/C=C/c1ccc(Cl)cc1.CCOP(=O)(Cl)OCC.CCOP(C)(=O)C#CCCC/C=C/c1ccc(Cl)cc1.CCOP(C)(=O)c1c2c(cc3ccc(Cl)cc13)CCC2.S=S=S. The molecule has 5 rings (SSSR count). The largest absolute Gasteiger partial charge is 0.424 e. The number of terminal acetylenes is 1. The van der Waals surface area contributed by atoms with Gasteiger partial charge in [0.2, 0.25) is 7.37 Å². The highest BCUT2D eigenvalue weighted by atomic mass is 35.7. The molecule has 0 aromatic heterocycles. The number of hydrogen-bond donors (Lipinski definition) is 0. The maximum atomic E-state index is 13.0. The third-order valence-corrected chi connectivity index (χ3v) is 14.7. The number of hydrogen-bond acceptors (Lipinski definition) is 9. The van der Waals surface area contributed by atoms with E-state index in [1.54, 1.807) is 27.2 Å². The Balaban J connectivity index is 0.000000876. The molecule has 0 amide bonds. The first-order valence-corrected chi connectivity index (χ1v) is 31.8. The molecule has 0 N–H and O–H groups in total. The highest BCUT2D eigenvalue weighted by Gasteiger charge is 2.29. The van der Waals surface area contributed by atoms with E-state index < -0.39 is 21.7 Å². The van der Waals surface area contributed by atoms with Gasteiger partial charge in [-0.1, -0.05) is 109 Å². The van der Waals surface area contributed by atoms with E-state index in [9.17, 15) is 13.7 Å². The molecule has 0 heterocycles. The molecular formula is C50H65Cl4O7P3S3. The van der Waals surface area contributed by atoms with E-state index >= 15 is 0 Å². The van der Waals surface area contributed by atoms with Crippen molar-refractivity contribution in [2.45, 2.75) is 92.9 Å². The predicted molar refractivity (Wildman–Crippen MR) is 302 cm³/mol. The second kappa shape index (κ2) is 36.9. The number of aryl methyl sites for hydroxylation is 1. The molecule has 4 aromatic carbocycles. The lowest BCUT2D eigenvalue weighted by Gasteiger charge is -2.19. The zero-order chi connectivity index (χ0) is 49.4. The van der Waals surface area contributed by atoms with Gasteiger partial charge in [0.15, 0.2) is 0 Å². The number of benzene rings is 4. The molecule has 1 aliphatic carbocycles. The van der Waals surface area contributed by atoms with Crippen LogP contribution in [-0.2, 0) is 75.9 Å². The van der Waals surface area contributed by atoms with Crippen LogP contribution in [0.5, 0.6) is 0 Å². The number of rotatable bonds is 17. The minimum Gasteiger partial charge on any atom is -0.326 e. The summed E-state index contributed by atoms with van der Waals surface area (Å²) in [4.78, 5) is 0. The van der Waals surface area contributed by atoms with Crippen molar-refractivity contribution in [1.29, 1.82) is 0 Å². The van der Waals surface area contributed by atoms with Gasteiger partial charge in [-0.3, -0.25) is 18.2 Å². The van der Waals surface area contributed by atoms with Gasteiger partial charge in [0.05, 0.1) is 26.4 Å². The Labute approximate surface area is 434 Å². The zero-order valence-corrected chi connectivity index (χ0v) is 46.6. The van der Waals surface area contributed by atoms with Crippen LogP contribution in [-0.4, -0.2) is 39.8 Å². The lowest BCUT2D eigenvalue weighted by molar-refractivity contribution is 0.235. The summed E-state index contributed by atoms with van der Waals surface area (Å²) in [7, 11) is -4.59. The molecule has 0 radical (unpaired) electrons. The van der Waals surface area contributed by atoms with Gasteiger partial charge in [-0.25, -0.2) is 4.57 Å². The topological polar surface area (TPSA) is 88.1 Å². The van der Waals surface area contributed by atoms with Gasteiger partial charge in [0, 0.05) is 89.0 Å². The predicted octanol–water partition coefficient (Wildman–Crippen LogP) is 17.2. The summed E-state index contributed by atoms with van der Waals surface area (Å²) in [5.74, 6) is 5.55. The van der Waals surface area contributed by atoms with Crippen LogP contribution in [0.4, 0.5) is 0 Å². The van der Waals surface area contributed by atoms with Gasteiger partial charge < -0.3 is 9.05 Å². The summed E-state index contributed by atoms with van der Waals surface area (Å²) in [6, 6.07) is 23.5. The highest BCUT2D eigenvalue weighted by Crippen LogP contribution is 2.53. The van der Waals surface area contributed by atoms with Crippen LogP contribution < -0.4 is 5.30 Å². The van der Waals surface area contributed by atoms with E-state index in [4.69, 9.17) is 61.5 Å². The Kier molecular flexibility index (Phi) is 35.9. The molecule has 0 saturated carbocycles. The van der Waals surface area contributed by atoms with Crippen LogP contribution in [0.25, 0.3) is 22.9 Å². The molecule has 0 fully saturated rings. The maximum absolute atomic E-state index is 13.0. The van der Waals surface area contributed by atoms with Crippen molar-refractivity contribution in [3.63, 3.8) is 0 Å². The number of unbranched alkanes of at least 4 members (excludes halogenated alkanes) is 4. The lowest BCUT2D eigenvalue weighted by atomic mass is 10.0. The molecule has 4 aromatic rings. The molecule has 0 saturated heterocycles. The van der Waals surface area contributed by atoms with Crippen molar-refractivity contribution >= 4 is 127 Å². The van der Waals surface area contributed by atoms with Gasteiger partial charge in [0.25, 0.3) is 7.37 Å². The Bertz CT molecular complexity index is 2420. The maximum Gasteiger partial charge on any atom is 0.424 e. The van der Waals surface area contributed by atoms with Crippen LogP contribution in [0.15, 0.2) is 84.9 Å². The molecular weight excluding hydrogens is 1040 g/mol. The average Bonchev–Trinajstić information content (AvgIpc) is 3.72. The fourth-order valence-electron chi connectivity index (χ4n) is 6.22. The Morgan fingerprint density at radius 2 is 1.18 bits per heavy atom. The van der Waals surface area contributed by atoms with E-state index in [1.807, 2.05) is 80.6 Å². The fourth-order valence-corrected chi connectivity index (χ4v) is 10.9. The van der Waals surface area contributed by atoms with E-state index in [1.165, 1.54) is 16.7 Å². The third-order valence-electron chi connectivity index (χ3n) is 8.88. The first-order valence-electron chi connectivity index (χ1n) is 21.4. The number of fused-ring (bicyclic) bond motifs is 2. The van der Waals surface area contributed by atoms with Gasteiger partial charge in [-0.15, -0.1) is 12.3 Å². The quantitative estimate of drug-likeness (QED) is 0.0583. The normalized spacial score (nSPS) is 13.1. The molecule has 2 atom stereocenters. The van der Waals surface area contributed by atoms with Crippen molar-refractivity contribution in [3.8, 4) is 23.9 Å². The second-order valence-electron chi connectivity index (χ2n) is 14.1. The summed E-state index contributed by atoms with van der Waals surface area (Å²) >= 11 is 31.2. The first-order chi connectivity index (χ1) is 31.4. The summed E-state index contributed by atoms with van der Waals surface area (Å²) in [6.07, 6.45) is 22.3. The minimum absolute atomic E-state index is 0. The fraction of sp³-hybridized carbons (Fsp3) is 0.400. The van der Waals surface area contributed by atoms with Gasteiger partial charge >= 0.3 is 6.95 Å². The third kappa shape index (κ3) is 28.5. The van der Waals surface area contributed by atoms with Crippen LogP contribution in [0, 0.1) is 23.9 Å². The molecule has 2 unspecified atom stereocenters. The Hall–Kier alpha value is -1.91.